The normalized spacial score (nSPS) is 14.9. The number of nitrogens with one attached hydrogen (secondary N) is 1. The summed E-state index contributed by atoms with van der Waals surface area (Å²) in [4.78, 5) is 30.1. The Kier molecular flexibility index (Phi) is 4.01. The van der Waals surface area contributed by atoms with Crippen LogP contribution in [0.1, 0.15) is 9.67 Å². The van der Waals surface area contributed by atoms with Crippen LogP contribution < -0.4 is 9.88 Å². The van der Waals surface area contributed by atoms with Gasteiger partial charge in [0.25, 0.3) is 11.7 Å². The maximum absolute atomic E-state index is 12.4. The molecular formula is C14H15N4O3S+. The first-order chi connectivity index (χ1) is 10.6. The third-order valence-electron chi connectivity index (χ3n) is 3.58. The molecular weight excluding hydrogens is 304 g/mol. The van der Waals surface area contributed by atoms with Gasteiger partial charge < -0.3 is 4.90 Å². The molecule has 0 bridgehead atoms. The number of carbonyl (C=O) groups excluding carboxylic acids is 1. The number of nitro groups is 1. The van der Waals surface area contributed by atoms with Crippen molar-refractivity contribution in [1.29, 1.82) is 0 Å². The number of hydrogen-bond acceptors (Lipinski definition) is 5. The van der Waals surface area contributed by atoms with Crippen LogP contribution >= 0.6 is 11.3 Å². The molecule has 1 fully saturated rings. The molecule has 2 aromatic heterocycles. The molecule has 1 N–H and O–H groups in total. The summed E-state index contributed by atoms with van der Waals surface area (Å²) in [5.41, 5.74) is 0. The summed E-state index contributed by atoms with van der Waals surface area (Å²) >= 11 is 0.930. The van der Waals surface area contributed by atoms with Gasteiger partial charge in [0, 0.05) is 12.1 Å². The van der Waals surface area contributed by atoms with Gasteiger partial charge in [0.05, 0.1) is 29.1 Å². The predicted molar refractivity (Wildman–Crippen MR) is 82.1 cm³/mol. The van der Waals surface area contributed by atoms with E-state index < -0.39 is 4.92 Å². The smallest absolute Gasteiger partial charge is 0.324 e. The molecule has 7 nitrogen and oxygen atoms in total. The molecule has 0 unspecified atom stereocenters. The maximum Gasteiger partial charge on any atom is 0.324 e. The number of carbonyl (C=O) groups is 1. The number of nitrogens with zero attached hydrogens (tertiary/aromatic N) is 3. The van der Waals surface area contributed by atoms with Crippen molar-refractivity contribution in [2.24, 2.45) is 0 Å². The zero-order chi connectivity index (χ0) is 15.5. The lowest BCUT2D eigenvalue weighted by Crippen LogP contribution is -2.49. The fourth-order valence-corrected chi connectivity index (χ4v) is 3.22. The Morgan fingerprint density at radius 1 is 1.18 bits per heavy atom. The van der Waals surface area contributed by atoms with Gasteiger partial charge in [0.15, 0.2) is 0 Å². The molecule has 0 aliphatic carbocycles. The van der Waals surface area contributed by atoms with Gasteiger partial charge in [0.2, 0.25) is 0 Å². The van der Waals surface area contributed by atoms with E-state index in [2.05, 4.69) is 9.88 Å². The van der Waals surface area contributed by atoms with Crippen LogP contribution in [0.25, 0.3) is 0 Å². The van der Waals surface area contributed by atoms with Crippen molar-refractivity contribution in [3.63, 3.8) is 0 Å². The maximum atomic E-state index is 12.4. The van der Waals surface area contributed by atoms with Crippen molar-refractivity contribution < 1.29 is 14.7 Å². The van der Waals surface area contributed by atoms with E-state index in [1.807, 2.05) is 24.4 Å². The number of aromatic amines is 1. The zero-order valence-corrected chi connectivity index (χ0v) is 12.6. The Labute approximate surface area is 131 Å². The van der Waals surface area contributed by atoms with E-state index in [1.165, 1.54) is 12.1 Å². The van der Waals surface area contributed by atoms with Crippen molar-refractivity contribution in [3.8, 4) is 0 Å². The Bertz CT molecular complexity index is 680. The minimum Gasteiger partial charge on any atom is -0.330 e. The average Bonchev–Trinajstić information content (AvgIpc) is 3.05. The first-order valence-corrected chi connectivity index (χ1v) is 7.72. The SMILES string of the molecule is O=C(c1ccc([N+](=O)[O-])s1)N1CCN(c2cccc[nH+]2)CC1. The second kappa shape index (κ2) is 6.10. The summed E-state index contributed by atoms with van der Waals surface area (Å²) in [6.07, 6.45) is 1.87. The summed E-state index contributed by atoms with van der Waals surface area (Å²) in [5, 5.41) is 10.7. The second-order valence-electron chi connectivity index (χ2n) is 4.92. The number of anilines is 1. The van der Waals surface area contributed by atoms with Crippen LogP contribution in [0, 0.1) is 10.1 Å². The highest BCUT2D eigenvalue weighted by Gasteiger charge is 2.28. The number of hydrogen-bond donors (Lipinski definition) is 0. The third-order valence-corrected chi connectivity index (χ3v) is 4.61. The van der Waals surface area contributed by atoms with Gasteiger partial charge in [-0.15, -0.1) is 0 Å². The van der Waals surface area contributed by atoms with Crippen LogP contribution in [0.3, 0.4) is 0 Å². The van der Waals surface area contributed by atoms with Crippen molar-refractivity contribution in [3.05, 3.63) is 51.5 Å². The van der Waals surface area contributed by atoms with E-state index in [4.69, 9.17) is 0 Å². The number of piperazine rings is 1. The summed E-state index contributed by atoms with van der Waals surface area (Å²) in [7, 11) is 0. The number of H-pyrrole nitrogens is 1. The lowest BCUT2D eigenvalue weighted by atomic mass is 10.3. The number of pyridine rings is 1. The Morgan fingerprint density at radius 2 is 1.95 bits per heavy atom. The van der Waals surface area contributed by atoms with Gasteiger partial charge in [-0.3, -0.25) is 19.8 Å². The van der Waals surface area contributed by atoms with E-state index in [-0.39, 0.29) is 10.9 Å². The van der Waals surface area contributed by atoms with Gasteiger partial charge in [-0.2, -0.15) is 0 Å². The largest absolute Gasteiger partial charge is 0.330 e. The van der Waals surface area contributed by atoms with Crippen LogP contribution in [0.4, 0.5) is 10.8 Å². The van der Waals surface area contributed by atoms with Crippen LogP contribution in [-0.2, 0) is 0 Å². The number of rotatable bonds is 3. The van der Waals surface area contributed by atoms with Crippen molar-refractivity contribution in [2.75, 3.05) is 31.1 Å². The average molecular weight is 319 g/mol. The number of thiophene rings is 1. The topological polar surface area (TPSA) is 80.8 Å². The number of aromatic nitrogens is 1. The fourth-order valence-electron chi connectivity index (χ4n) is 2.43. The monoisotopic (exact) mass is 319 g/mol. The van der Waals surface area contributed by atoms with E-state index >= 15 is 0 Å². The van der Waals surface area contributed by atoms with Crippen LogP contribution in [-0.4, -0.2) is 41.9 Å². The molecule has 22 heavy (non-hydrogen) atoms. The Morgan fingerprint density at radius 3 is 2.55 bits per heavy atom. The summed E-state index contributed by atoms with van der Waals surface area (Å²) < 4.78 is 0. The standard InChI is InChI=1S/C14H14N4O3S/c19-14(11-4-5-13(22-11)18(20)21)17-9-7-16(8-10-17)12-3-1-2-6-15-12/h1-6H,7-10H2/p+1. The molecule has 3 heterocycles. The molecule has 0 atom stereocenters. The summed E-state index contributed by atoms with van der Waals surface area (Å²) in [6.45, 7) is 2.68. The van der Waals surface area contributed by atoms with Crippen LogP contribution in [0.5, 0.6) is 0 Å². The molecule has 0 aromatic carbocycles. The highest BCUT2D eigenvalue weighted by molar-refractivity contribution is 7.17. The van der Waals surface area contributed by atoms with Crippen molar-refractivity contribution in [1.82, 2.24) is 4.90 Å². The van der Waals surface area contributed by atoms with Crippen LogP contribution in [0.15, 0.2) is 36.5 Å². The van der Waals surface area contributed by atoms with Gasteiger partial charge in [-0.05, 0) is 12.1 Å². The quantitative estimate of drug-likeness (QED) is 0.633. The van der Waals surface area contributed by atoms with E-state index in [0.29, 0.717) is 18.0 Å². The number of amides is 1. The van der Waals surface area contributed by atoms with Crippen molar-refractivity contribution >= 4 is 28.1 Å². The molecule has 0 saturated carbocycles. The predicted octanol–water partition coefficient (Wildman–Crippen LogP) is 1.43. The van der Waals surface area contributed by atoms with E-state index in [0.717, 1.165) is 30.2 Å². The molecule has 1 aliphatic heterocycles. The Balaban J connectivity index is 1.63. The fraction of sp³-hybridized carbons (Fsp3) is 0.286. The van der Waals surface area contributed by atoms with E-state index in [1.54, 1.807) is 4.90 Å². The molecule has 1 amide bonds. The molecule has 1 aliphatic rings. The summed E-state index contributed by atoms with van der Waals surface area (Å²) in [6, 6.07) is 8.80. The molecule has 114 valence electrons. The minimum atomic E-state index is -0.468. The van der Waals surface area contributed by atoms with Crippen molar-refractivity contribution in [2.45, 2.75) is 0 Å². The second-order valence-corrected chi connectivity index (χ2v) is 5.98. The molecule has 3 rings (SSSR count). The molecule has 1 saturated heterocycles. The van der Waals surface area contributed by atoms with Gasteiger partial charge >= 0.3 is 5.00 Å². The molecule has 2 aromatic rings. The molecule has 0 radical (unpaired) electrons. The zero-order valence-electron chi connectivity index (χ0n) is 11.8. The lowest BCUT2D eigenvalue weighted by molar-refractivity contribution is -0.380. The lowest BCUT2D eigenvalue weighted by Gasteiger charge is -2.30. The first kappa shape index (κ1) is 14.5. The Hall–Kier alpha value is -2.48. The first-order valence-electron chi connectivity index (χ1n) is 6.90. The summed E-state index contributed by atoms with van der Waals surface area (Å²) in [5.74, 6) is 0.899. The van der Waals surface area contributed by atoms with E-state index in [9.17, 15) is 14.9 Å². The van der Waals surface area contributed by atoms with Gasteiger partial charge in [0.1, 0.15) is 13.1 Å². The third kappa shape index (κ3) is 2.91. The highest BCUT2D eigenvalue weighted by atomic mass is 32.1. The van der Waals surface area contributed by atoms with Gasteiger partial charge in [-0.25, -0.2) is 4.98 Å². The highest BCUT2D eigenvalue weighted by Crippen LogP contribution is 2.25. The minimum absolute atomic E-state index is 0.000807. The van der Waals surface area contributed by atoms with Crippen LogP contribution in [0.2, 0.25) is 0 Å². The molecule has 0 spiro atoms. The van der Waals surface area contributed by atoms with Gasteiger partial charge in [-0.1, -0.05) is 17.4 Å². The molecule has 8 heteroatoms.